The molecule has 0 radical (unpaired) electrons. The Bertz CT molecular complexity index is 487. The van der Waals surface area contributed by atoms with Gasteiger partial charge in [0.1, 0.15) is 5.69 Å². The molecule has 1 atom stereocenters. The van der Waals surface area contributed by atoms with Crippen LogP contribution >= 0.6 is 0 Å². The van der Waals surface area contributed by atoms with Gasteiger partial charge in [-0.25, -0.2) is 9.97 Å². The van der Waals surface area contributed by atoms with Crippen molar-refractivity contribution in [1.82, 2.24) is 14.9 Å². The summed E-state index contributed by atoms with van der Waals surface area (Å²) in [4.78, 5) is 25.6. The van der Waals surface area contributed by atoms with Crippen molar-refractivity contribution in [3.8, 4) is 0 Å². The van der Waals surface area contributed by atoms with Crippen LogP contribution in [0.15, 0.2) is 6.07 Å². The minimum atomic E-state index is 0.0367. The van der Waals surface area contributed by atoms with Gasteiger partial charge in [0.15, 0.2) is 0 Å². The van der Waals surface area contributed by atoms with Crippen LogP contribution in [-0.4, -0.2) is 47.5 Å². The molecule has 2 heterocycles. The van der Waals surface area contributed by atoms with Crippen molar-refractivity contribution in [3.05, 3.63) is 17.5 Å². The lowest BCUT2D eigenvalue weighted by atomic mass is 10.0. The summed E-state index contributed by atoms with van der Waals surface area (Å²) in [6.07, 6.45) is 3.36. The summed E-state index contributed by atoms with van der Waals surface area (Å²) in [6.45, 7) is 7.12. The number of hydrogen-bond acceptors (Lipinski definition) is 4. The second-order valence-electron chi connectivity index (χ2n) is 6.37. The molecule has 0 spiro atoms. The number of likely N-dealkylation sites (tertiary alicyclic amines) is 1. The summed E-state index contributed by atoms with van der Waals surface area (Å²) in [6, 6.07) is 2.15. The van der Waals surface area contributed by atoms with Crippen LogP contribution in [0.4, 0.5) is 5.95 Å². The molecule has 116 valence electrons. The molecule has 5 nitrogen and oxygen atoms in total. The molecule has 1 aliphatic heterocycles. The van der Waals surface area contributed by atoms with Crippen LogP contribution in [0.5, 0.6) is 0 Å². The van der Waals surface area contributed by atoms with E-state index in [0.717, 1.165) is 25.1 Å². The molecule has 21 heavy (non-hydrogen) atoms. The third kappa shape index (κ3) is 3.52. The van der Waals surface area contributed by atoms with Gasteiger partial charge in [-0.05, 0) is 38.2 Å². The molecule has 5 heteroatoms. The van der Waals surface area contributed by atoms with E-state index in [2.05, 4.69) is 30.7 Å². The van der Waals surface area contributed by atoms with Gasteiger partial charge in [0, 0.05) is 32.4 Å². The molecule has 0 aromatic carbocycles. The summed E-state index contributed by atoms with van der Waals surface area (Å²) in [5.41, 5.74) is 1.44. The Morgan fingerprint density at radius 2 is 2.05 bits per heavy atom. The highest BCUT2D eigenvalue weighted by molar-refractivity contribution is 5.93. The number of piperidine rings is 1. The highest BCUT2D eigenvalue weighted by atomic mass is 16.2. The fraction of sp³-hybridized carbons (Fsp3) is 0.688. The van der Waals surface area contributed by atoms with Crippen molar-refractivity contribution >= 4 is 11.9 Å². The minimum absolute atomic E-state index is 0.0367. The quantitative estimate of drug-likeness (QED) is 0.859. The van der Waals surface area contributed by atoms with Crippen LogP contribution in [-0.2, 0) is 0 Å². The maximum Gasteiger partial charge on any atom is 0.272 e. The molecular formula is C16H26N4O. The van der Waals surface area contributed by atoms with Crippen LogP contribution in [0.3, 0.4) is 0 Å². The van der Waals surface area contributed by atoms with Gasteiger partial charge in [0.05, 0.1) is 0 Å². The Hall–Kier alpha value is -1.65. The summed E-state index contributed by atoms with van der Waals surface area (Å²) in [5.74, 6) is 0.917. The van der Waals surface area contributed by atoms with E-state index in [-0.39, 0.29) is 11.8 Å². The van der Waals surface area contributed by atoms with Crippen LogP contribution < -0.4 is 4.90 Å². The van der Waals surface area contributed by atoms with Crippen molar-refractivity contribution in [2.45, 2.75) is 52.0 Å². The predicted octanol–water partition coefficient (Wildman–Crippen LogP) is 2.68. The molecule has 1 aliphatic rings. The SMILES string of the molecule is CC(C)c1cc(C(=O)N2CCCC[C@H]2C)nc(N(C)C)n1. The minimum Gasteiger partial charge on any atom is -0.347 e. The van der Waals surface area contributed by atoms with Crippen molar-refractivity contribution in [1.29, 1.82) is 0 Å². The number of anilines is 1. The molecular weight excluding hydrogens is 264 g/mol. The van der Waals surface area contributed by atoms with E-state index in [1.807, 2.05) is 30.0 Å². The van der Waals surface area contributed by atoms with E-state index >= 15 is 0 Å². The first-order valence-electron chi connectivity index (χ1n) is 7.77. The number of carbonyl (C=O) groups is 1. The molecule has 1 saturated heterocycles. The smallest absolute Gasteiger partial charge is 0.272 e. The average Bonchev–Trinajstić information content (AvgIpc) is 2.46. The molecule has 2 rings (SSSR count). The maximum atomic E-state index is 12.8. The Kier molecular flexibility index (Phi) is 4.80. The van der Waals surface area contributed by atoms with Gasteiger partial charge in [-0.3, -0.25) is 4.79 Å². The molecule has 1 aromatic heterocycles. The number of carbonyl (C=O) groups excluding carboxylic acids is 1. The highest BCUT2D eigenvalue weighted by Crippen LogP contribution is 2.21. The Morgan fingerprint density at radius 1 is 1.33 bits per heavy atom. The second kappa shape index (κ2) is 6.41. The largest absolute Gasteiger partial charge is 0.347 e. The molecule has 0 aliphatic carbocycles. The first-order valence-corrected chi connectivity index (χ1v) is 7.77. The average molecular weight is 290 g/mol. The van der Waals surface area contributed by atoms with E-state index in [1.54, 1.807) is 0 Å². The fourth-order valence-electron chi connectivity index (χ4n) is 2.61. The molecule has 0 N–H and O–H groups in total. The standard InChI is InChI=1S/C16H26N4O/c1-11(2)13-10-14(18-16(17-13)19(4)5)15(21)20-9-7-6-8-12(20)3/h10-12H,6-9H2,1-5H3/t12-/m1/s1. The number of hydrogen-bond donors (Lipinski definition) is 0. The zero-order chi connectivity index (χ0) is 15.6. The van der Waals surface area contributed by atoms with Gasteiger partial charge in [-0.15, -0.1) is 0 Å². The Labute approximate surface area is 127 Å². The lowest BCUT2D eigenvalue weighted by Gasteiger charge is -2.33. The van der Waals surface area contributed by atoms with E-state index in [1.165, 1.54) is 6.42 Å². The van der Waals surface area contributed by atoms with E-state index < -0.39 is 0 Å². The fourth-order valence-corrected chi connectivity index (χ4v) is 2.61. The van der Waals surface area contributed by atoms with E-state index in [4.69, 9.17) is 0 Å². The van der Waals surface area contributed by atoms with Gasteiger partial charge < -0.3 is 9.80 Å². The molecule has 1 amide bonds. The lowest BCUT2D eigenvalue weighted by molar-refractivity contribution is 0.0629. The van der Waals surface area contributed by atoms with E-state index in [0.29, 0.717) is 17.7 Å². The summed E-state index contributed by atoms with van der Waals surface area (Å²) >= 11 is 0. The van der Waals surface area contributed by atoms with Gasteiger partial charge >= 0.3 is 0 Å². The van der Waals surface area contributed by atoms with E-state index in [9.17, 15) is 4.79 Å². The maximum absolute atomic E-state index is 12.8. The third-order valence-corrected chi connectivity index (χ3v) is 4.01. The topological polar surface area (TPSA) is 49.3 Å². The normalized spacial score (nSPS) is 19.0. The monoisotopic (exact) mass is 290 g/mol. The molecule has 0 saturated carbocycles. The highest BCUT2D eigenvalue weighted by Gasteiger charge is 2.26. The zero-order valence-electron chi connectivity index (χ0n) is 13.8. The van der Waals surface area contributed by atoms with Gasteiger partial charge in [-0.1, -0.05) is 13.8 Å². The van der Waals surface area contributed by atoms with Crippen molar-refractivity contribution in [3.63, 3.8) is 0 Å². The Morgan fingerprint density at radius 3 is 2.62 bits per heavy atom. The second-order valence-corrected chi connectivity index (χ2v) is 6.37. The summed E-state index contributed by atoms with van der Waals surface area (Å²) in [5, 5.41) is 0. The first kappa shape index (κ1) is 15.7. The van der Waals surface area contributed by atoms with Crippen LogP contribution in [0.2, 0.25) is 0 Å². The zero-order valence-corrected chi connectivity index (χ0v) is 13.8. The van der Waals surface area contributed by atoms with Gasteiger partial charge in [-0.2, -0.15) is 0 Å². The van der Waals surface area contributed by atoms with Gasteiger partial charge in [0.2, 0.25) is 5.95 Å². The molecule has 0 unspecified atom stereocenters. The Balaban J connectivity index is 2.35. The molecule has 1 aromatic rings. The number of amides is 1. The van der Waals surface area contributed by atoms with Gasteiger partial charge in [0.25, 0.3) is 5.91 Å². The van der Waals surface area contributed by atoms with Crippen LogP contribution in [0, 0.1) is 0 Å². The number of nitrogens with zero attached hydrogens (tertiary/aromatic N) is 4. The molecule has 1 fully saturated rings. The van der Waals surface area contributed by atoms with Crippen molar-refractivity contribution in [2.75, 3.05) is 25.5 Å². The summed E-state index contributed by atoms with van der Waals surface area (Å²) < 4.78 is 0. The summed E-state index contributed by atoms with van der Waals surface area (Å²) in [7, 11) is 3.80. The van der Waals surface area contributed by atoms with Crippen LogP contribution in [0.1, 0.15) is 62.1 Å². The van der Waals surface area contributed by atoms with Crippen molar-refractivity contribution in [2.24, 2.45) is 0 Å². The lowest BCUT2D eigenvalue weighted by Crippen LogP contribution is -2.42. The molecule has 0 bridgehead atoms. The third-order valence-electron chi connectivity index (χ3n) is 4.01. The van der Waals surface area contributed by atoms with Crippen LogP contribution in [0.25, 0.3) is 0 Å². The first-order chi connectivity index (χ1) is 9.90. The number of rotatable bonds is 3. The number of aromatic nitrogens is 2. The van der Waals surface area contributed by atoms with Crippen molar-refractivity contribution < 1.29 is 4.79 Å². The predicted molar refractivity (Wildman–Crippen MR) is 84.8 cm³/mol.